The first-order chi connectivity index (χ1) is 15.8. The van der Waals surface area contributed by atoms with E-state index >= 15 is 0 Å². The predicted octanol–water partition coefficient (Wildman–Crippen LogP) is 4.13. The summed E-state index contributed by atoms with van der Waals surface area (Å²) in [5.74, 6) is -2.64. The molecule has 4 aromatic rings. The number of hydrogen-bond acceptors (Lipinski definition) is 4. The molecule has 0 aliphatic rings. The zero-order valence-electron chi connectivity index (χ0n) is 17.5. The van der Waals surface area contributed by atoms with Crippen molar-refractivity contribution < 1.29 is 28.2 Å². The molecule has 0 bridgehead atoms. The minimum Gasteiger partial charge on any atom is -0.485 e. The quantitative estimate of drug-likeness (QED) is 0.441. The molecule has 168 valence electrons. The molecule has 4 rings (SSSR count). The van der Waals surface area contributed by atoms with E-state index in [0.29, 0.717) is 16.9 Å². The van der Waals surface area contributed by atoms with Crippen LogP contribution >= 0.6 is 0 Å². The number of fused-ring (bicyclic) bond motifs is 1. The number of carbonyl (C=O) groups is 2. The summed E-state index contributed by atoms with van der Waals surface area (Å²) >= 11 is 0. The van der Waals surface area contributed by atoms with Crippen LogP contribution in [-0.2, 0) is 13.2 Å². The third kappa shape index (κ3) is 4.52. The number of carboxylic acids is 1. The van der Waals surface area contributed by atoms with E-state index in [9.17, 15) is 18.4 Å². The van der Waals surface area contributed by atoms with E-state index in [0.717, 1.165) is 12.1 Å². The highest BCUT2D eigenvalue weighted by molar-refractivity contribution is 5.95. The number of carbonyl (C=O) groups excluding carboxylic acids is 1. The van der Waals surface area contributed by atoms with Crippen molar-refractivity contribution in [2.75, 3.05) is 0 Å². The van der Waals surface area contributed by atoms with Crippen LogP contribution in [0.5, 0.6) is 5.75 Å². The normalized spacial score (nSPS) is 10.9. The maximum absolute atomic E-state index is 13.9. The SMILES string of the molecule is Cc1nc2c(OCc3c(F)cccc3F)cccn2c1C(=O)NCc1cccc(C(=O)O)c1. The molecule has 2 heterocycles. The van der Waals surface area contributed by atoms with Crippen LogP contribution in [0.3, 0.4) is 0 Å². The van der Waals surface area contributed by atoms with E-state index in [4.69, 9.17) is 9.84 Å². The summed E-state index contributed by atoms with van der Waals surface area (Å²) in [6.07, 6.45) is 1.63. The highest BCUT2D eigenvalue weighted by Gasteiger charge is 2.19. The van der Waals surface area contributed by atoms with Crippen molar-refractivity contribution in [2.24, 2.45) is 0 Å². The summed E-state index contributed by atoms with van der Waals surface area (Å²) in [5, 5.41) is 11.9. The number of amides is 1. The number of imidazole rings is 1. The molecule has 33 heavy (non-hydrogen) atoms. The fraction of sp³-hybridized carbons (Fsp3) is 0.125. The molecule has 0 unspecified atom stereocenters. The van der Waals surface area contributed by atoms with Crippen molar-refractivity contribution in [3.05, 3.63) is 101 Å². The first-order valence-corrected chi connectivity index (χ1v) is 9.99. The van der Waals surface area contributed by atoms with Crippen molar-refractivity contribution in [3.8, 4) is 5.75 Å². The Hall–Kier alpha value is -4.27. The molecule has 0 aliphatic heterocycles. The van der Waals surface area contributed by atoms with Gasteiger partial charge in [-0.25, -0.2) is 18.6 Å². The highest BCUT2D eigenvalue weighted by Crippen LogP contribution is 2.24. The lowest BCUT2D eigenvalue weighted by Gasteiger charge is -2.10. The number of hydrogen-bond donors (Lipinski definition) is 2. The van der Waals surface area contributed by atoms with Gasteiger partial charge in [0.2, 0.25) is 0 Å². The van der Waals surface area contributed by atoms with Crippen LogP contribution in [0.25, 0.3) is 5.65 Å². The largest absolute Gasteiger partial charge is 0.485 e. The van der Waals surface area contributed by atoms with Gasteiger partial charge in [-0.1, -0.05) is 18.2 Å². The maximum Gasteiger partial charge on any atom is 0.335 e. The summed E-state index contributed by atoms with van der Waals surface area (Å²) in [4.78, 5) is 28.4. The van der Waals surface area contributed by atoms with Gasteiger partial charge in [0.1, 0.15) is 23.9 Å². The fourth-order valence-electron chi connectivity index (χ4n) is 3.44. The van der Waals surface area contributed by atoms with Gasteiger partial charge in [0.05, 0.1) is 16.8 Å². The van der Waals surface area contributed by atoms with Gasteiger partial charge >= 0.3 is 5.97 Å². The Morgan fingerprint density at radius 3 is 2.55 bits per heavy atom. The van der Waals surface area contributed by atoms with E-state index in [-0.39, 0.29) is 35.7 Å². The van der Waals surface area contributed by atoms with Gasteiger partial charge < -0.3 is 15.2 Å². The van der Waals surface area contributed by atoms with Crippen molar-refractivity contribution in [1.82, 2.24) is 14.7 Å². The topological polar surface area (TPSA) is 92.9 Å². The number of nitrogens with zero attached hydrogens (tertiary/aromatic N) is 2. The summed E-state index contributed by atoms with van der Waals surface area (Å²) in [7, 11) is 0. The molecule has 2 aromatic carbocycles. The van der Waals surface area contributed by atoms with E-state index in [1.54, 1.807) is 37.4 Å². The summed E-state index contributed by atoms with van der Waals surface area (Å²) in [5.41, 5.74) is 1.57. The number of aromatic nitrogens is 2. The first kappa shape index (κ1) is 21.9. The average molecular weight is 451 g/mol. The third-order valence-electron chi connectivity index (χ3n) is 5.06. The Labute approximate surface area is 187 Å². The lowest BCUT2D eigenvalue weighted by molar-refractivity contribution is 0.0696. The lowest BCUT2D eigenvalue weighted by Crippen LogP contribution is -2.25. The Morgan fingerprint density at radius 1 is 1.09 bits per heavy atom. The summed E-state index contributed by atoms with van der Waals surface area (Å²) in [6, 6.07) is 13.1. The van der Waals surface area contributed by atoms with Crippen LogP contribution in [0, 0.1) is 18.6 Å². The van der Waals surface area contributed by atoms with Gasteiger partial charge in [0, 0.05) is 12.7 Å². The second kappa shape index (κ2) is 9.07. The Morgan fingerprint density at radius 2 is 1.82 bits per heavy atom. The lowest BCUT2D eigenvalue weighted by atomic mass is 10.1. The molecular formula is C24H19F2N3O4. The number of benzene rings is 2. The monoisotopic (exact) mass is 451 g/mol. The number of ether oxygens (including phenoxy) is 1. The van der Waals surface area contributed by atoms with Gasteiger partial charge in [-0.3, -0.25) is 9.20 Å². The van der Waals surface area contributed by atoms with Crippen molar-refractivity contribution in [3.63, 3.8) is 0 Å². The van der Waals surface area contributed by atoms with Crippen molar-refractivity contribution >= 4 is 17.5 Å². The fourth-order valence-corrected chi connectivity index (χ4v) is 3.44. The molecule has 0 radical (unpaired) electrons. The highest BCUT2D eigenvalue weighted by atomic mass is 19.1. The van der Waals surface area contributed by atoms with Crippen LogP contribution in [-0.4, -0.2) is 26.4 Å². The third-order valence-corrected chi connectivity index (χ3v) is 5.06. The van der Waals surface area contributed by atoms with Gasteiger partial charge in [0.15, 0.2) is 11.4 Å². The summed E-state index contributed by atoms with van der Waals surface area (Å²) in [6.45, 7) is 1.44. The number of aromatic carboxylic acids is 1. The van der Waals surface area contributed by atoms with E-state index < -0.39 is 23.5 Å². The number of carboxylic acid groups (broad SMARTS) is 1. The molecule has 7 nitrogen and oxygen atoms in total. The van der Waals surface area contributed by atoms with Gasteiger partial charge in [0.25, 0.3) is 5.91 Å². The maximum atomic E-state index is 13.9. The average Bonchev–Trinajstić information content (AvgIpc) is 3.14. The van der Waals surface area contributed by atoms with Gasteiger partial charge in [-0.2, -0.15) is 0 Å². The number of pyridine rings is 1. The molecule has 0 spiro atoms. The van der Waals surface area contributed by atoms with Gasteiger partial charge in [-0.05, 0) is 48.9 Å². The molecule has 9 heteroatoms. The summed E-state index contributed by atoms with van der Waals surface area (Å²) < 4.78 is 35.0. The molecule has 0 atom stereocenters. The first-order valence-electron chi connectivity index (χ1n) is 9.99. The Balaban J connectivity index is 1.55. The van der Waals surface area contributed by atoms with Crippen LogP contribution < -0.4 is 10.1 Å². The van der Waals surface area contributed by atoms with Gasteiger partial charge in [-0.15, -0.1) is 0 Å². The minimum absolute atomic E-state index is 0.120. The van der Waals surface area contributed by atoms with Crippen LogP contribution in [0.2, 0.25) is 0 Å². The molecule has 0 fully saturated rings. The second-order valence-electron chi connectivity index (χ2n) is 7.29. The number of aryl methyl sites for hydroxylation is 1. The van der Waals surface area contributed by atoms with Crippen LogP contribution in [0.15, 0.2) is 60.8 Å². The zero-order chi connectivity index (χ0) is 23.5. The number of nitrogens with one attached hydrogen (secondary N) is 1. The minimum atomic E-state index is -1.05. The zero-order valence-corrected chi connectivity index (χ0v) is 17.5. The van der Waals surface area contributed by atoms with Crippen molar-refractivity contribution in [2.45, 2.75) is 20.1 Å². The van der Waals surface area contributed by atoms with E-state index in [1.807, 2.05) is 0 Å². The Bertz CT molecular complexity index is 1350. The molecular weight excluding hydrogens is 432 g/mol. The Kier molecular flexibility index (Phi) is 6.03. The predicted molar refractivity (Wildman–Crippen MR) is 115 cm³/mol. The molecule has 0 saturated heterocycles. The molecule has 2 aromatic heterocycles. The number of rotatable bonds is 7. The molecule has 2 N–H and O–H groups in total. The van der Waals surface area contributed by atoms with Crippen LogP contribution in [0.4, 0.5) is 8.78 Å². The van der Waals surface area contributed by atoms with Crippen molar-refractivity contribution in [1.29, 1.82) is 0 Å². The number of halogens is 2. The molecule has 1 amide bonds. The van der Waals surface area contributed by atoms with E-state index in [1.165, 1.54) is 22.6 Å². The standard InChI is InChI=1S/C24H19F2N3O4/c1-14-21(23(30)27-12-15-5-2-6-16(11-15)24(31)32)29-10-4-9-20(22(29)28-14)33-13-17-18(25)7-3-8-19(17)26/h2-11H,12-13H2,1H3,(H,27,30)(H,31,32). The molecule has 0 saturated carbocycles. The second-order valence-corrected chi connectivity index (χ2v) is 7.29. The smallest absolute Gasteiger partial charge is 0.335 e. The van der Waals surface area contributed by atoms with E-state index in [2.05, 4.69) is 10.3 Å². The molecule has 0 aliphatic carbocycles. The van der Waals surface area contributed by atoms with Crippen LogP contribution in [0.1, 0.15) is 37.7 Å².